The number of furan rings is 3. The molecule has 132 heavy (non-hydrogen) atoms. The zero-order chi connectivity index (χ0) is 113. The predicted molar refractivity (Wildman–Crippen MR) is 536 cm³/mol. The van der Waals surface area contributed by atoms with Crippen LogP contribution in [0.2, 0.25) is 0 Å². The third kappa shape index (κ3) is 23.4. The molecule has 18 aromatic rings. The molecule has 0 spiro atoms. The van der Waals surface area contributed by atoms with Crippen molar-refractivity contribution in [2.24, 2.45) is 0 Å². The molecule has 0 aliphatic heterocycles. The van der Waals surface area contributed by atoms with Crippen LogP contribution in [0, 0.1) is 98.6 Å². The molecule has 12 nitrogen and oxygen atoms in total. The zero-order valence-corrected chi connectivity index (χ0v) is 85.5. The summed E-state index contributed by atoms with van der Waals surface area (Å²) >= 11 is 0. The van der Waals surface area contributed by atoms with Gasteiger partial charge in [-0.25, -0.2) is 15.0 Å². The number of hydrogen-bond donors (Lipinski definition) is 0. The molecule has 0 saturated carbocycles. The number of nitrogens with zero attached hydrogens (tertiary/aromatic N) is 9. The van der Waals surface area contributed by atoms with Crippen LogP contribution in [0.25, 0.3) is 134 Å². The molecule has 18 rings (SSSR count). The van der Waals surface area contributed by atoms with Crippen molar-refractivity contribution in [3.05, 3.63) is 338 Å². The van der Waals surface area contributed by atoms with Crippen LogP contribution in [0.3, 0.4) is 0 Å². The minimum atomic E-state index is -2.54. The monoisotopic (exact) mass is 2310 g/mol. The molecule has 687 valence electrons. The predicted octanol–water partition coefficient (Wildman–Crippen LogP) is 32.1. The Labute approximate surface area is 857 Å². The van der Waals surface area contributed by atoms with E-state index in [0.29, 0.717) is 173 Å². The van der Waals surface area contributed by atoms with Crippen molar-refractivity contribution in [1.82, 2.24) is 44.9 Å². The number of aromatic nitrogens is 9. The van der Waals surface area contributed by atoms with Gasteiger partial charge in [-0.15, -0.1) is 161 Å². The Balaban J connectivity index is 0.000000197. The summed E-state index contributed by atoms with van der Waals surface area (Å²) in [5.74, 6) is -11.4. The largest absolute Gasteiger partial charge is 0.486 e. The van der Waals surface area contributed by atoms with E-state index in [0.717, 1.165) is 56.0 Å². The van der Waals surface area contributed by atoms with Crippen molar-refractivity contribution < 1.29 is 106 Å². The van der Waals surface area contributed by atoms with Crippen molar-refractivity contribution in [3.8, 4) is 67.5 Å². The fraction of sp³-hybridized carbons (Fsp3) is 0.308. The molecule has 3 unspecified atom stereocenters. The summed E-state index contributed by atoms with van der Waals surface area (Å²) in [4.78, 5) is 40.0. The Hall–Kier alpha value is -11.0. The third-order valence-electron chi connectivity index (χ3n) is 22.0. The van der Waals surface area contributed by atoms with Gasteiger partial charge in [0.1, 0.15) is 0 Å². The van der Waals surface area contributed by atoms with Gasteiger partial charge in [0.2, 0.25) is 17.1 Å². The molecule has 0 aliphatic carbocycles. The Morgan fingerprint density at radius 3 is 0.894 bits per heavy atom. The maximum atomic E-state index is 8.79. The first-order valence-electron chi connectivity index (χ1n) is 54.6. The summed E-state index contributed by atoms with van der Waals surface area (Å²) in [6.45, 7) is 26.4. The van der Waals surface area contributed by atoms with Gasteiger partial charge < -0.3 is 43.2 Å². The van der Waals surface area contributed by atoms with E-state index in [-0.39, 0.29) is 65.9 Å². The van der Waals surface area contributed by atoms with E-state index in [1.165, 1.54) is 33.2 Å². The van der Waals surface area contributed by atoms with E-state index in [4.69, 9.17) is 46.1 Å². The smallest absolute Gasteiger partial charge is 0.216 e. The van der Waals surface area contributed by atoms with Crippen molar-refractivity contribution in [2.45, 2.75) is 240 Å². The van der Waals surface area contributed by atoms with Crippen LogP contribution in [0.5, 0.6) is 0 Å². The van der Waals surface area contributed by atoms with E-state index >= 15 is 0 Å². The van der Waals surface area contributed by atoms with Crippen LogP contribution >= 0.6 is 0 Å². The molecule has 0 N–H and O–H groups in total. The standard InChI is InChI=1S/3C27H31N2O.C13H12N.C12H10N.C11H8N.3Ir/c3*1-14(2)19-9-10-20(23-12-21(15(3)4)17(7)13-28-23)26-24(19)25-22(16(5)6)11-18(8)29-27(25)30-26;1-10-8-13(14-9-11(10)2)12-6-4-3-5-7-12;1-10-7-8-12(13-9-10)11-5-3-2-4-6-11;1-2-6-10(7-3-1)11-8-4-5-9-12-11;;;/h3*9,11-16H,1-8H3;3-6,8-9H,1-2H3;2-5,7-9H,1H3;1-6,8-9H;;;/q6*-1;;;/i3*3D3,14D,15D,16D;2D3;1D3;;;;. The molecule has 12 aromatic heterocycles. The summed E-state index contributed by atoms with van der Waals surface area (Å²) in [5.41, 5.74) is 20.9. The van der Waals surface area contributed by atoms with Gasteiger partial charge in [0, 0.05) is 164 Å². The number of fused-ring (bicyclic) bond motifs is 9. The topological polar surface area (TPSA) is 155 Å². The number of pyridine rings is 9. The maximum absolute atomic E-state index is 8.79. The second kappa shape index (κ2) is 45.6. The quantitative estimate of drug-likeness (QED) is 0.0897. The van der Waals surface area contributed by atoms with E-state index in [2.05, 4.69) is 81.3 Å². The van der Waals surface area contributed by atoms with Gasteiger partial charge >= 0.3 is 0 Å². The molecule has 0 amide bonds. The number of benzene rings is 6. The average Bonchev–Trinajstić information content (AvgIpc) is 1.55. The van der Waals surface area contributed by atoms with Gasteiger partial charge in [-0.05, 0) is 233 Å². The normalized spacial score (nSPS) is 16.2. The second-order valence-corrected chi connectivity index (χ2v) is 33.5. The van der Waals surface area contributed by atoms with Crippen molar-refractivity contribution in [3.63, 3.8) is 0 Å². The van der Waals surface area contributed by atoms with Gasteiger partial charge in [0.25, 0.3) is 0 Å². The summed E-state index contributed by atoms with van der Waals surface area (Å²) in [6, 6.07) is 68.3. The molecule has 3 radical (unpaired) electrons. The molecule has 0 bridgehead atoms. The first-order valence-corrected chi connectivity index (χ1v) is 42.6. The minimum Gasteiger partial charge on any atom is -0.486 e. The molecular formula is C117H123Ir3N9O3-6. The SMILES string of the molecule is [2H]C(C)(C)c1cc(C)nc2oc3c(-c4cc(C([2H])(C)C([2H])([2H])[2H])c(C)cn4)[c-]cc(C([2H])(C)C)c3c12.[2H]C(C)(C)c1cc(C)nc2oc3c(-c4cc(C([2H])(C)C([2H])([2H])[2H])c(C)cn4)[c-]cc(C([2H])(C)C)c3c12.[2H]C(C)(C)c1cc(C)nc2oc3c(-c4cc(C([2H])(C)C([2H])([2H])[2H])c(C)cn4)[c-]cc(C([2H])(C)C)c3c12.[2H]C([2H])([2H])c1ccc(-c2[c-]cccc2)nc1.[2H]C([2H])([2H])c1cnc(-c2[c-]cccc2)cc1C.[Ir].[Ir].[Ir].[c-]1ccccc1-c1ccccn1. The molecule has 0 aliphatic rings. The van der Waals surface area contributed by atoms with Crippen LogP contribution in [0.1, 0.15) is 311 Å². The molecule has 0 fully saturated rings. The molecule has 6 aromatic carbocycles. The summed E-state index contributed by atoms with van der Waals surface area (Å²) in [5, 5.41) is 4.07. The Kier molecular flexibility index (Phi) is 25.4. The summed E-state index contributed by atoms with van der Waals surface area (Å²) in [6.07, 6.45) is 9.30. The zero-order valence-electron chi connectivity index (χ0n) is 102. The summed E-state index contributed by atoms with van der Waals surface area (Å²) < 4.78 is 212. The first-order chi connectivity index (χ1) is 70.5. The van der Waals surface area contributed by atoms with Crippen molar-refractivity contribution in [2.75, 3.05) is 0 Å². The van der Waals surface area contributed by atoms with E-state index in [1.807, 2.05) is 124 Å². The van der Waals surface area contributed by atoms with Gasteiger partial charge in [-0.1, -0.05) is 213 Å². The average molecular weight is 2300 g/mol. The molecule has 0 saturated heterocycles. The van der Waals surface area contributed by atoms with Crippen LogP contribution in [0.4, 0.5) is 0 Å². The molecular weight excluding hydrogens is 2160 g/mol. The van der Waals surface area contributed by atoms with Crippen LogP contribution in [0.15, 0.2) is 214 Å². The fourth-order valence-corrected chi connectivity index (χ4v) is 15.4. The second-order valence-electron chi connectivity index (χ2n) is 33.5. The fourth-order valence-electron chi connectivity index (χ4n) is 15.4. The van der Waals surface area contributed by atoms with Gasteiger partial charge in [0.15, 0.2) is 0 Å². The van der Waals surface area contributed by atoms with E-state index in [9.17, 15) is 0 Å². The Morgan fingerprint density at radius 1 is 0.280 bits per heavy atom. The first kappa shape index (κ1) is 73.5. The van der Waals surface area contributed by atoms with Gasteiger partial charge in [-0.2, -0.15) is 0 Å². The summed E-state index contributed by atoms with van der Waals surface area (Å²) in [7, 11) is 0. The number of hydrogen-bond acceptors (Lipinski definition) is 12. The van der Waals surface area contributed by atoms with Crippen molar-refractivity contribution >= 4 is 66.2 Å². The third-order valence-corrected chi connectivity index (χ3v) is 22.0. The number of rotatable bonds is 15. The van der Waals surface area contributed by atoms with E-state index < -0.39 is 87.3 Å². The number of aryl methyl sites for hydroxylation is 9. The molecule has 12 heterocycles. The Morgan fingerprint density at radius 2 is 0.606 bits per heavy atom. The van der Waals surface area contributed by atoms with E-state index in [1.54, 1.807) is 196 Å². The van der Waals surface area contributed by atoms with Crippen LogP contribution in [-0.4, -0.2) is 44.9 Å². The van der Waals surface area contributed by atoms with Gasteiger partial charge in [-0.3, -0.25) is 0 Å². The Bertz CT molecular complexity index is 7540. The molecule has 15 heteroatoms. The van der Waals surface area contributed by atoms with Crippen LogP contribution < -0.4 is 0 Å². The molecule has 3 atom stereocenters. The minimum absolute atomic E-state index is 0. The van der Waals surface area contributed by atoms with Gasteiger partial charge in [0.05, 0.1) is 16.7 Å². The van der Waals surface area contributed by atoms with Crippen molar-refractivity contribution in [1.29, 1.82) is 0 Å². The maximum Gasteiger partial charge on any atom is 0.216 e. The van der Waals surface area contributed by atoms with Crippen LogP contribution in [-0.2, 0) is 60.3 Å².